The van der Waals surface area contributed by atoms with Gasteiger partial charge in [0.2, 0.25) is 0 Å². The maximum atomic E-state index is 11.6. The molecule has 4 nitrogen and oxygen atoms in total. The zero-order valence-corrected chi connectivity index (χ0v) is 11.9. The van der Waals surface area contributed by atoms with Gasteiger partial charge in [-0.2, -0.15) is 0 Å². The van der Waals surface area contributed by atoms with Gasteiger partial charge in [0.15, 0.2) is 0 Å². The number of hydrogen-bond donors (Lipinski definition) is 1. The highest BCUT2D eigenvalue weighted by Crippen LogP contribution is 2.30. The van der Waals surface area contributed by atoms with Crippen LogP contribution in [0.1, 0.15) is 53.4 Å². The second-order valence-corrected chi connectivity index (χ2v) is 6.33. The van der Waals surface area contributed by atoms with Gasteiger partial charge in [0, 0.05) is 0 Å². The van der Waals surface area contributed by atoms with Gasteiger partial charge in [-0.1, -0.05) is 19.8 Å². The van der Waals surface area contributed by atoms with Gasteiger partial charge >= 0.3 is 6.09 Å². The van der Waals surface area contributed by atoms with Gasteiger partial charge in [0.25, 0.3) is 0 Å². The maximum Gasteiger partial charge on any atom is 0.408 e. The molecule has 0 aromatic heterocycles. The molecule has 1 saturated carbocycles. The fraction of sp³-hybridized carbons (Fsp3) is 0.857. The van der Waals surface area contributed by atoms with E-state index in [-0.39, 0.29) is 5.92 Å². The maximum absolute atomic E-state index is 11.6. The summed E-state index contributed by atoms with van der Waals surface area (Å²) in [5.74, 6) is 0.987. The molecule has 0 aromatic rings. The smallest absolute Gasteiger partial charge is 0.408 e. The molecule has 0 radical (unpaired) electrons. The van der Waals surface area contributed by atoms with E-state index in [0.29, 0.717) is 0 Å². The molecule has 1 aliphatic carbocycles. The van der Waals surface area contributed by atoms with Crippen molar-refractivity contribution in [2.75, 3.05) is 0 Å². The van der Waals surface area contributed by atoms with Crippen molar-refractivity contribution in [3.05, 3.63) is 0 Å². The van der Waals surface area contributed by atoms with Gasteiger partial charge in [-0.25, -0.2) is 4.79 Å². The Bertz CT molecular complexity index is 288. The lowest BCUT2D eigenvalue weighted by Gasteiger charge is -2.30. The van der Waals surface area contributed by atoms with Crippen molar-refractivity contribution in [3.8, 4) is 0 Å². The number of rotatable bonds is 3. The van der Waals surface area contributed by atoms with Crippen LogP contribution in [0.5, 0.6) is 0 Å². The molecule has 4 heteroatoms. The van der Waals surface area contributed by atoms with E-state index in [2.05, 4.69) is 12.2 Å². The Labute approximate surface area is 109 Å². The highest BCUT2D eigenvalue weighted by atomic mass is 16.6. The van der Waals surface area contributed by atoms with Crippen LogP contribution in [0.2, 0.25) is 0 Å². The van der Waals surface area contributed by atoms with Gasteiger partial charge in [0.05, 0.1) is 6.04 Å². The standard InChI is InChI=1S/C14H25NO3/c1-10-5-7-11(8-6-10)12(9-16)15-13(17)18-14(2,3)4/h9-12H,5-8H2,1-4H3,(H,15,17)/t10?,11?,12-/m1/s1. The lowest BCUT2D eigenvalue weighted by Crippen LogP contribution is -2.44. The van der Waals surface area contributed by atoms with Crippen molar-refractivity contribution < 1.29 is 14.3 Å². The topological polar surface area (TPSA) is 55.4 Å². The molecule has 0 aromatic carbocycles. The van der Waals surface area contributed by atoms with E-state index in [1.54, 1.807) is 0 Å². The molecule has 18 heavy (non-hydrogen) atoms. The zero-order valence-electron chi connectivity index (χ0n) is 11.9. The molecule has 1 N–H and O–H groups in total. The highest BCUT2D eigenvalue weighted by molar-refractivity contribution is 5.73. The summed E-state index contributed by atoms with van der Waals surface area (Å²) in [6, 6.07) is -0.410. The molecule has 0 aliphatic heterocycles. The molecule has 0 bridgehead atoms. The van der Waals surface area contributed by atoms with E-state index >= 15 is 0 Å². The number of ether oxygens (including phenoxy) is 1. The first-order valence-corrected chi connectivity index (χ1v) is 6.76. The summed E-state index contributed by atoms with van der Waals surface area (Å²) >= 11 is 0. The molecule has 0 heterocycles. The van der Waals surface area contributed by atoms with Crippen LogP contribution in [0, 0.1) is 11.8 Å². The summed E-state index contributed by atoms with van der Waals surface area (Å²) in [7, 11) is 0. The molecule has 1 amide bonds. The van der Waals surface area contributed by atoms with Gasteiger partial charge < -0.3 is 14.8 Å². The van der Waals surface area contributed by atoms with Crippen LogP contribution < -0.4 is 5.32 Å². The second-order valence-electron chi connectivity index (χ2n) is 6.33. The largest absolute Gasteiger partial charge is 0.444 e. The van der Waals surface area contributed by atoms with E-state index in [0.717, 1.165) is 37.9 Å². The third-order valence-corrected chi connectivity index (χ3v) is 3.40. The second kappa shape index (κ2) is 6.21. The van der Waals surface area contributed by atoms with Crippen molar-refractivity contribution in [3.63, 3.8) is 0 Å². The van der Waals surface area contributed by atoms with E-state index in [1.807, 2.05) is 20.8 Å². The predicted octanol–water partition coefficient (Wildman–Crippen LogP) is 2.90. The lowest BCUT2D eigenvalue weighted by atomic mass is 9.79. The fourth-order valence-corrected chi connectivity index (χ4v) is 2.35. The number of aldehydes is 1. The first-order chi connectivity index (χ1) is 8.31. The third-order valence-electron chi connectivity index (χ3n) is 3.40. The Morgan fingerprint density at radius 3 is 2.28 bits per heavy atom. The average molecular weight is 255 g/mol. The molecule has 1 aliphatic rings. The molecular weight excluding hydrogens is 230 g/mol. The SMILES string of the molecule is CC1CCC([C@@H](C=O)NC(=O)OC(C)(C)C)CC1. The summed E-state index contributed by atoms with van der Waals surface area (Å²) < 4.78 is 5.17. The monoisotopic (exact) mass is 255 g/mol. The molecule has 104 valence electrons. The molecule has 1 atom stereocenters. The lowest BCUT2D eigenvalue weighted by molar-refractivity contribution is -0.111. The van der Waals surface area contributed by atoms with E-state index in [1.165, 1.54) is 0 Å². The van der Waals surface area contributed by atoms with Crippen molar-refractivity contribution in [2.45, 2.75) is 65.0 Å². The molecule has 0 spiro atoms. The Morgan fingerprint density at radius 2 is 1.83 bits per heavy atom. The predicted molar refractivity (Wildman–Crippen MR) is 70.3 cm³/mol. The van der Waals surface area contributed by atoms with Crippen LogP contribution in [-0.2, 0) is 9.53 Å². The average Bonchev–Trinajstić information content (AvgIpc) is 2.25. The van der Waals surface area contributed by atoms with Crippen molar-refractivity contribution in [1.29, 1.82) is 0 Å². The Morgan fingerprint density at radius 1 is 1.28 bits per heavy atom. The summed E-state index contributed by atoms with van der Waals surface area (Å²) in [5.41, 5.74) is -0.529. The van der Waals surface area contributed by atoms with Crippen molar-refractivity contribution >= 4 is 12.4 Å². The van der Waals surface area contributed by atoms with Crippen molar-refractivity contribution in [2.24, 2.45) is 11.8 Å². The first-order valence-electron chi connectivity index (χ1n) is 6.76. The van der Waals surface area contributed by atoms with E-state index < -0.39 is 17.7 Å². The number of carbonyl (C=O) groups excluding carboxylic acids is 2. The van der Waals surface area contributed by atoms with Crippen LogP contribution in [0.4, 0.5) is 4.79 Å². The van der Waals surface area contributed by atoms with Crippen LogP contribution in [0.15, 0.2) is 0 Å². The Kier molecular flexibility index (Phi) is 5.17. The quantitative estimate of drug-likeness (QED) is 0.789. The Balaban J connectivity index is 2.46. The molecule has 0 saturated heterocycles. The number of carbonyl (C=O) groups is 2. The minimum absolute atomic E-state index is 0.256. The number of amides is 1. The zero-order chi connectivity index (χ0) is 13.8. The number of alkyl carbamates (subject to hydrolysis) is 1. The number of nitrogens with one attached hydrogen (secondary N) is 1. The van der Waals surface area contributed by atoms with E-state index in [9.17, 15) is 9.59 Å². The number of hydrogen-bond acceptors (Lipinski definition) is 3. The molecule has 0 unspecified atom stereocenters. The minimum atomic E-state index is -0.529. The first kappa shape index (κ1) is 15.0. The van der Waals surface area contributed by atoms with Crippen LogP contribution in [0.25, 0.3) is 0 Å². The fourth-order valence-electron chi connectivity index (χ4n) is 2.35. The molecule has 1 rings (SSSR count). The minimum Gasteiger partial charge on any atom is -0.444 e. The highest BCUT2D eigenvalue weighted by Gasteiger charge is 2.28. The molecular formula is C14H25NO3. The summed E-state index contributed by atoms with van der Waals surface area (Å²) in [6.45, 7) is 7.66. The van der Waals surface area contributed by atoms with Gasteiger partial charge in [-0.15, -0.1) is 0 Å². The normalized spacial score (nSPS) is 26.2. The van der Waals surface area contributed by atoms with Crippen molar-refractivity contribution in [1.82, 2.24) is 5.32 Å². The van der Waals surface area contributed by atoms with Crippen LogP contribution >= 0.6 is 0 Å². The third kappa shape index (κ3) is 5.07. The van der Waals surface area contributed by atoms with Crippen LogP contribution in [0.3, 0.4) is 0 Å². The summed E-state index contributed by atoms with van der Waals surface area (Å²) in [5, 5.41) is 2.68. The van der Waals surface area contributed by atoms with Gasteiger partial charge in [-0.3, -0.25) is 0 Å². The molecule has 1 fully saturated rings. The summed E-state index contributed by atoms with van der Waals surface area (Å²) in [6.07, 6.45) is 4.60. The Hall–Kier alpha value is -1.06. The van der Waals surface area contributed by atoms with Gasteiger partial charge in [-0.05, 0) is 45.4 Å². The van der Waals surface area contributed by atoms with Gasteiger partial charge in [0.1, 0.15) is 11.9 Å². The summed E-state index contributed by atoms with van der Waals surface area (Å²) in [4.78, 5) is 22.8. The van der Waals surface area contributed by atoms with Crippen LogP contribution in [-0.4, -0.2) is 24.0 Å². The van der Waals surface area contributed by atoms with E-state index in [4.69, 9.17) is 4.74 Å².